The van der Waals surface area contributed by atoms with E-state index in [4.69, 9.17) is 14.2 Å². The topological polar surface area (TPSA) is 94.2 Å². The molecule has 1 N–H and O–H groups in total. The lowest BCUT2D eigenvalue weighted by Crippen LogP contribution is -2.76. The van der Waals surface area contributed by atoms with Crippen LogP contribution in [0.3, 0.4) is 0 Å². The third-order valence-corrected chi connectivity index (χ3v) is 10.1. The molecule has 8 nitrogen and oxygen atoms in total. The van der Waals surface area contributed by atoms with Crippen LogP contribution in [-0.4, -0.2) is 60.6 Å². The van der Waals surface area contributed by atoms with Crippen molar-refractivity contribution in [2.45, 2.75) is 88.1 Å². The molecule has 3 fully saturated rings. The first-order valence-electron chi connectivity index (χ1n) is 15.9. The lowest BCUT2D eigenvalue weighted by atomic mass is 9.49. The van der Waals surface area contributed by atoms with Crippen LogP contribution in [0.4, 0.5) is 13.2 Å². The average molecular weight is 641 g/mol. The minimum Gasteiger partial charge on any atom is -0.485 e. The molecule has 5 aliphatic rings. The number of nitrogens with zero attached hydrogens (tertiary/aromatic N) is 1. The molecule has 0 radical (unpaired) electrons. The molecule has 2 aromatic rings. The van der Waals surface area contributed by atoms with Gasteiger partial charge in [-0.1, -0.05) is 18.2 Å². The van der Waals surface area contributed by atoms with Gasteiger partial charge in [-0.15, -0.1) is 0 Å². The monoisotopic (exact) mass is 640 g/mol. The maximum atomic E-state index is 12.4. The highest BCUT2D eigenvalue weighted by Gasteiger charge is 2.73. The molecular formula is C35H39F3N2O6. The first-order valence-corrected chi connectivity index (χ1v) is 15.9. The van der Waals surface area contributed by atoms with E-state index in [0.29, 0.717) is 17.1 Å². The van der Waals surface area contributed by atoms with Crippen LogP contribution >= 0.6 is 0 Å². The number of alkyl halides is 3. The first kappa shape index (κ1) is 32.1. The molecule has 2 bridgehead atoms. The number of ether oxygens (including phenoxy) is 3. The number of likely N-dealkylation sites (N-methyl/N-ethyl adjacent to an activating group) is 1. The van der Waals surface area contributed by atoms with Crippen LogP contribution in [0.5, 0.6) is 11.5 Å². The summed E-state index contributed by atoms with van der Waals surface area (Å²) in [5, 5.41) is 2.33. The van der Waals surface area contributed by atoms with E-state index in [1.807, 2.05) is 6.07 Å². The Morgan fingerprint density at radius 2 is 1.87 bits per heavy atom. The SMILES string of the molecule is CC(=O)Oc1ccc2c3c1O[C@H]1CCC[C@@]4(OC(C)=O)[C@@H](C2)N(CC2CC2)CC[C@]314.CNC(=O)/C=C/c1cccc(C(F)(F)F)c1. The Morgan fingerprint density at radius 3 is 2.54 bits per heavy atom. The molecule has 2 aliphatic heterocycles. The van der Waals surface area contributed by atoms with Crippen molar-refractivity contribution in [3.8, 4) is 11.5 Å². The molecule has 1 saturated heterocycles. The summed E-state index contributed by atoms with van der Waals surface area (Å²) >= 11 is 0. The molecule has 11 heteroatoms. The van der Waals surface area contributed by atoms with E-state index in [1.165, 1.54) is 63.6 Å². The van der Waals surface area contributed by atoms with Crippen molar-refractivity contribution in [2.75, 3.05) is 20.1 Å². The number of carbonyl (C=O) groups excluding carboxylic acids is 3. The predicted molar refractivity (Wildman–Crippen MR) is 163 cm³/mol. The number of hydrogen-bond donors (Lipinski definition) is 1. The molecule has 2 heterocycles. The van der Waals surface area contributed by atoms with Gasteiger partial charge in [0.25, 0.3) is 0 Å². The van der Waals surface area contributed by atoms with Gasteiger partial charge < -0.3 is 19.5 Å². The van der Waals surface area contributed by atoms with Gasteiger partial charge in [-0.3, -0.25) is 19.3 Å². The van der Waals surface area contributed by atoms with Gasteiger partial charge in [0, 0.05) is 39.1 Å². The van der Waals surface area contributed by atoms with Crippen molar-refractivity contribution in [1.29, 1.82) is 0 Å². The average Bonchev–Trinajstić information content (AvgIpc) is 3.75. The number of nitrogens with one attached hydrogen (secondary N) is 1. The molecule has 2 aromatic carbocycles. The van der Waals surface area contributed by atoms with Gasteiger partial charge in [-0.25, -0.2) is 0 Å². The summed E-state index contributed by atoms with van der Waals surface area (Å²) in [4.78, 5) is 37.6. The normalized spacial score (nSPS) is 27.5. The van der Waals surface area contributed by atoms with E-state index in [9.17, 15) is 27.6 Å². The molecule has 2 saturated carbocycles. The molecule has 1 amide bonds. The second kappa shape index (κ2) is 12.1. The molecule has 46 heavy (non-hydrogen) atoms. The van der Waals surface area contributed by atoms with Crippen LogP contribution in [-0.2, 0) is 37.1 Å². The van der Waals surface area contributed by atoms with Gasteiger partial charge in [0.05, 0.1) is 17.0 Å². The predicted octanol–water partition coefficient (Wildman–Crippen LogP) is 5.60. The lowest BCUT2D eigenvalue weighted by Gasteiger charge is -2.64. The number of amides is 1. The van der Waals surface area contributed by atoms with E-state index in [0.717, 1.165) is 68.8 Å². The fourth-order valence-electron chi connectivity index (χ4n) is 8.21. The van der Waals surface area contributed by atoms with Crippen molar-refractivity contribution >= 4 is 23.9 Å². The third-order valence-electron chi connectivity index (χ3n) is 10.1. The number of carbonyl (C=O) groups is 3. The quantitative estimate of drug-likeness (QED) is 0.250. The minimum absolute atomic E-state index is 0.0399. The van der Waals surface area contributed by atoms with E-state index < -0.39 is 17.3 Å². The van der Waals surface area contributed by atoms with E-state index in [2.05, 4.69) is 16.3 Å². The van der Waals surface area contributed by atoms with Gasteiger partial charge in [-0.2, -0.15) is 13.2 Å². The summed E-state index contributed by atoms with van der Waals surface area (Å²) in [6.45, 7) is 5.06. The van der Waals surface area contributed by atoms with Crippen LogP contribution in [0.2, 0.25) is 0 Å². The number of esters is 2. The number of halogens is 3. The molecule has 4 atom stereocenters. The van der Waals surface area contributed by atoms with Crippen molar-refractivity contribution in [1.82, 2.24) is 10.2 Å². The first-order chi connectivity index (χ1) is 21.9. The molecular weight excluding hydrogens is 601 g/mol. The number of rotatable bonds is 6. The number of likely N-dealkylation sites (tertiary alicyclic amines) is 1. The van der Waals surface area contributed by atoms with Gasteiger partial charge in [-0.05, 0) is 92.8 Å². The van der Waals surface area contributed by atoms with Gasteiger partial charge in [0.1, 0.15) is 11.7 Å². The van der Waals surface area contributed by atoms with Crippen LogP contribution < -0.4 is 14.8 Å². The Hall–Kier alpha value is -3.86. The van der Waals surface area contributed by atoms with Gasteiger partial charge >= 0.3 is 18.1 Å². The molecule has 7 rings (SSSR count). The van der Waals surface area contributed by atoms with Gasteiger partial charge in [0.15, 0.2) is 11.5 Å². The summed E-state index contributed by atoms with van der Waals surface area (Å²) in [7, 11) is 1.44. The van der Waals surface area contributed by atoms with Gasteiger partial charge in [0.2, 0.25) is 5.91 Å². The summed E-state index contributed by atoms with van der Waals surface area (Å²) < 4.78 is 55.5. The highest BCUT2D eigenvalue weighted by Crippen LogP contribution is 2.67. The fourth-order valence-corrected chi connectivity index (χ4v) is 8.21. The summed E-state index contributed by atoms with van der Waals surface area (Å²) in [5.41, 5.74) is 1.10. The Labute approximate surface area is 266 Å². The summed E-state index contributed by atoms with van der Waals surface area (Å²) in [6.07, 6.45) is 5.27. The van der Waals surface area contributed by atoms with E-state index in [-0.39, 0.29) is 35.4 Å². The minimum atomic E-state index is -4.36. The Morgan fingerprint density at radius 1 is 1.09 bits per heavy atom. The van der Waals surface area contributed by atoms with Crippen LogP contribution in [0, 0.1) is 5.92 Å². The molecule has 0 aromatic heterocycles. The van der Waals surface area contributed by atoms with Crippen molar-refractivity contribution in [2.24, 2.45) is 5.92 Å². The largest absolute Gasteiger partial charge is 0.485 e. The van der Waals surface area contributed by atoms with Crippen molar-refractivity contribution in [3.63, 3.8) is 0 Å². The highest BCUT2D eigenvalue weighted by atomic mass is 19.4. The van der Waals surface area contributed by atoms with Crippen LogP contribution in [0.25, 0.3) is 6.08 Å². The van der Waals surface area contributed by atoms with Crippen molar-refractivity contribution in [3.05, 3.63) is 64.7 Å². The smallest absolute Gasteiger partial charge is 0.416 e. The summed E-state index contributed by atoms with van der Waals surface area (Å²) in [5.74, 6) is 1.08. The standard InChI is InChI=1S/C24H29NO5.C11H10F3NO/c1-14(26)28-18-8-7-17-12-19-24(30-15(2)27)9-3-4-20-23(24,21(17)22(18)29-20)10-11-25(19)13-16-5-6-16;1-15-10(16)6-5-8-3-2-4-9(7-8)11(12,13)14/h7-8,16,19-20H,3-6,9-13H2,1-2H3;2-7H,1H3,(H,15,16)/b;6-5+/t19-,20+,23-,24-;/m1./s1. The molecule has 3 aliphatic carbocycles. The third kappa shape index (κ3) is 5.67. The van der Waals surface area contributed by atoms with E-state index in [1.54, 1.807) is 0 Å². The van der Waals surface area contributed by atoms with Crippen LogP contribution in [0.15, 0.2) is 42.5 Å². The van der Waals surface area contributed by atoms with Crippen molar-refractivity contribution < 1.29 is 41.8 Å². The lowest BCUT2D eigenvalue weighted by molar-refractivity contribution is -0.215. The second-order valence-electron chi connectivity index (χ2n) is 13.0. The number of benzene rings is 2. The zero-order valence-corrected chi connectivity index (χ0v) is 26.2. The Bertz CT molecular complexity index is 1570. The maximum absolute atomic E-state index is 12.4. The van der Waals surface area contributed by atoms with E-state index >= 15 is 0 Å². The number of piperidine rings is 1. The Balaban J connectivity index is 0.000000198. The zero-order valence-electron chi connectivity index (χ0n) is 26.2. The molecule has 1 spiro atoms. The fraction of sp³-hybridized carbons (Fsp3) is 0.514. The molecule has 246 valence electrons. The summed E-state index contributed by atoms with van der Waals surface area (Å²) in [6, 6.07) is 8.92. The maximum Gasteiger partial charge on any atom is 0.416 e. The zero-order chi connectivity index (χ0) is 32.9. The molecule has 0 unspecified atom stereocenters. The number of hydrogen-bond acceptors (Lipinski definition) is 7. The Kier molecular flexibility index (Phi) is 8.41. The highest BCUT2D eigenvalue weighted by molar-refractivity contribution is 5.91. The van der Waals surface area contributed by atoms with Crippen LogP contribution in [0.1, 0.15) is 74.6 Å². The second-order valence-corrected chi connectivity index (χ2v) is 13.0.